The summed E-state index contributed by atoms with van der Waals surface area (Å²) in [5.74, 6) is 4.87. The molecule has 0 aliphatic rings. The fraction of sp³-hybridized carbons (Fsp3) is 0.167. The first-order valence-corrected chi connectivity index (χ1v) is 3.53. The zero-order chi connectivity index (χ0) is 7.40. The third-order valence-electron chi connectivity index (χ3n) is 1.01. The van der Waals surface area contributed by atoms with Gasteiger partial charge in [0.15, 0.2) is 0 Å². The lowest BCUT2D eigenvalue weighted by Crippen LogP contribution is -1.98. The molecule has 0 unspecified atom stereocenters. The fourth-order valence-corrected chi connectivity index (χ4v) is 1.04. The van der Waals surface area contributed by atoms with E-state index in [0.29, 0.717) is 6.61 Å². The van der Waals surface area contributed by atoms with Crippen LogP contribution in [0.2, 0.25) is 0 Å². The average Bonchev–Trinajstić information content (AvgIpc) is 1.88. The molecule has 0 aromatic carbocycles. The maximum atomic E-state index is 4.87. The summed E-state index contributed by atoms with van der Waals surface area (Å²) < 4.78 is 0.932. The van der Waals surface area contributed by atoms with Crippen molar-refractivity contribution in [3.05, 3.63) is 28.5 Å². The van der Waals surface area contributed by atoms with E-state index in [-0.39, 0.29) is 12.4 Å². The van der Waals surface area contributed by atoms with Crippen LogP contribution in [0.3, 0.4) is 0 Å². The summed E-state index contributed by atoms with van der Waals surface area (Å²) >= 11 is 3.27. The summed E-state index contributed by atoms with van der Waals surface area (Å²) in [6.45, 7) is 0.395. The lowest BCUT2D eigenvalue weighted by atomic mass is 10.3. The van der Waals surface area contributed by atoms with Crippen molar-refractivity contribution < 1.29 is 4.84 Å². The first-order valence-electron chi connectivity index (χ1n) is 2.74. The van der Waals surface area contributed by atoms with Crippen molar-refractivity contribution in [2.45, 2.75) is 6.61 Å². The van der Waals surface area contributed by atoms with Gasteiger partial charge in [-0.15, -0.1) is 12.4 Å². The van der Waals surface area contributed by atoms with Gasteiger partial charge in [0.05, 0.1) is 6.61 Å². The average molecular weight is 240 g/mol. The normalized spacial score (nSPS) is 8.91. The highest BCUT2D eigenvalue weighted by atomic mass is 79.9. The van der Waals surface area contributed by atoms with Crippen LogP contribution in [0, 0.1) is 0 Å². The second-order valence-corrected chi connectivity index (χ2v) is 2.74. The number of nitrogens with zero attached hydrogens (tertiary/aromatic N) is 1. The third kappa shape index (κ3) is 3.67. The van der Waals surface area contributed by atoms with Crippen molar-refractivity contribution in [2.24, 2.45) is 5.90 Å². The van der Waals surface area contributed by atoms with E-state index in [1.807, 2.05) is 6.07 Å². The highest BCUT2D eigenvalue weighted by molar-refractivity contribution is 9.10. The molecule has 1 aromatic heterocycles. The van der Waals surface area contributed by atoms with Gasteiger partial charge in [0, 0.05) is 16.9 Å². The molecule has 2 N–H and O–H groups in total. The summed E-state index contributed by atoms with van der Waals surface area (Å²) in [7, 11) is 0. The minimum absolute atomic E-state index is 0. The van der Waals surface area contributed by atoms with E-state index in [1.165, 1.54) is 0 Å². The van der Waals surface area contributed by atoms with Gasteiger partial charge in [-0.25, -0.2) is 5.90 Å². The monoisotopic (exact) mass is 238 g/mol. The van der Waals surface area contributed by atoms with E-state index in [4.69, 9.17) is 5.90 Å². The zero-order valence-electron chi connectivity index (χ0n) is 5.66. The van der Waals surface area contributed by atoms with Crippen LogP contribution < -0.4 is 5.90 Å². The number of pyridine rings is 1. The minimum atomic E-state index is 0. The van der Waals surface area contributed by atoms with E-state index in [9.17, 15) is 0 Å². The third-order valence-corrected chi connectivity index (χ3v) is 1.45. The van der Waals surface area contributed by atoms with E-state index in [1.54, 1.807) is 12.4 Å². The number of aromatic nitrogens is 1. The molecule has 0 fully saturated rings. The van der Waals surface area contributed by atoms with Crippen LogP contribution in [0.5, 0.6) is 0 Å². The topological polar surface area (TPSA) is 48.1 Å². The Balaban J connectivity index is 0.000001000. The van der Waals surface area contributed by atoms with Crippen LogP contribution in [-0.2, 0) is 11.4 Å². The Labute approximate surface area is 79.4 Å². The van der Waals surface area contributed by atoms with Gasteiger partial charge in [-0.2, -0.15) is 0 Å². The molecule has 0 spiro atoms. The molecular formula is C6H8BrClN2O. The molecule has 1 aromatic rings. The van der Waals surface area contributed by atoms with Crippen LogP contribution in [0.1, 0.15) is 5.56 Å². The molecule has 11 heavy (non-hydrogen) atoms. The molecule has 5 heteroatoms. The van der Waals surface area contributed by atoms with Crippen LogP contribution >= 0.6 is 28.3 Å². The van der Waals surface area contributed by atoms with Crippen molar-refractivity contribution in [3.8, 4) is 0 Å². The van der Waals surface area contributed by atoms with Crippen LogP contribution in [-0.4, -0.2) is 4.98 Å². The van der Waals surface area contributed by atoms with Crippen LogP contribution in [0.4, 0.5) is 0 Å². The van der Waals surface area contributed by atoms with Crippen molar-refractivity contribution in [3.63, 3.8) is 0 Å². The first kappa shape index (κ1) is 10.8. The lowest BCUT2D eigenvalue weighted by molar-refractivity contribution is 0.124. The van der Waals surface area contributed by atoms with Crippen LogP contribution in [0.15, 0.2) is 22.9 Å². The summed E-state index contributed by atoms with van der Waals surface area (Å²) in [4.78, 5) is 8.34. The number of hydrogen-bond acceptors (Lipinski definition) is 3. The van der Waals surface area contributed by atoms with Crippen molar-refractivity contribution >= 4 is 28.3 Å². The highest BCUT2D eigenvalue weighted by Crippen LogP contribution is 2.09. The summed E-state index contributed by atoms with van der Waals surface area (Å²) in [5, 5.41) is 0. The SMILES string of the molecule is Cl.NOCc1cncc(Br)c1. The van der Waals surface area contributed by atoms with Gasteiger partial charge < -0.3 is 0 Å². The molecule has 1 rings (SSSR count). The van der Waals surface area contributed by atoms with Gasteiger partial charge in [-0.1, -0.05) is 0 Å². The molecule has 62 valence electrons. The molecule has 0 atom stereocenters. The van der Waals surface area contributed by atoms with Gasteiger partial charge >= 0.3 is 0 Å². The summed E-state index contributed by atoms with van der Waals surface area (Å²) in [6, 6.07) is 1.90. The van der Waals surface area contributed by atoms with E-state index in [0.717, 1.165) is 10.0 Å². The Morgan fingerprint density at radius 2 is 2.27 bits per heavy atom. The highest BCUT2D eigenvalue weighted by Gasteiger charge is 1.91. The van der Waals surface area contributed by atoms with Gasteiger partial charge in [-0.3, -0.25) is 9.82 Å². The molecule has 0 saturated heterocycles. The fourth-order valence-electron chi connectivity index (χ4n) is 0.631. The van der Waals surface area contributed by atoms with Crippen molar-refractivity contribution in [1.82, 2.24) is 4.98 Å². The smallest absolute Gasteiger partial charge is 0.0945 e. The second kappa shape index (κ2) is 5.49. The van der Waals surface area contributed by atoms with Gasteiger partial charge in [0.1, 0.15) is 0 Å². The Morgan fingerprint density at radius 3 is 2.82 bits per heavy atom. The van der Waals surface area contributed by atoms with Crippen molar-refractivity contribution in [1.29, 1.82) is 0 Å². The molecule has 0 saturated carbocycles. The van der Waals surface area contributed by atoms with Crippen molar-refractivity contribution in [2.75, 3.05) is 0 Å². The number of hydrogen-bond donors (Lipinski definition) is 1. The van der Waals surface area contributed by atoms with Crippen LogP contribution in [0.25, 0.3) is 0 Å². The zero-order valence-corrected chi connectivity index (χ0v) is 8.06. The molecule has 1 heterocycles. The Morgan fingerprint density at radius 1 is 1.55 bits per heavy atom. The quantitative estimate of drug-likeness (QED) is 0.799. The molecule has 0 aliphatic heterocycles. The predicted octanol–water partition coefficient (Wildman–Crippen LogP) is 1.66. The number of halogens is 2. The molecule has 0 radical (unpaired) electrons. The first-order chi connectivity index (χ1) is 4.83. The maximum Gasteiger partial charge on any atom is 0.0945 e. The van der Waals surface area contributed by atoms with Gasteiger partial charge in [0.25, 0.3) is 0 Å². The van der Waals surface area contributed by atoms with E-state index < -0.39 is 0 Å². The molecule has 3 nitrogen and oxygen atoms in total. The lowest BCUT2D eigenvalue weighted by Gasteiger charge is -1.96. The van der Waals surface area contributed by atoms with Gasteiger partial charge in [0.2, 0.25) is 0 Å². The summed E-state index contributed by atoms with van der Waals surface area (Å²) in [5.41, 5.74) is 0.955. The molecular weight excluding hydrogens is 231 g/mol. The Bertz CT molecular complexity index is 221. The second-order valence-electron chi connectivity index (χ2n) is 1.82. The molecule has 0 bridgehead atoms. The Kier molecular flexibility index (Phi) is 5.41. The standard InChI is InChI=1S/C6H7BrN2O.ClH/c7-6-1-5(4-10-8)2-9-3-6;/h1-3H,4,8H2;1H. The van der Waals surface area contributed by atoms with Gasteiger partial charge in [-0.05, 0) is 27.6 Å². The Hall–Kier alpha value is -0.160. The minimum Gasteiger partial charge on any atom is -0.300 e. The molecule has 0 aliphatic carbocycles. The molecule has 0 amide bonds. The maximum absolute atomic E-state index is 4.87. The number of nitrogens with two attached hydrogens (primary N) is 1. The van der Waals surface area contributed by atoms with E-state index in [2.05, 4.69) is 25.8 Å². The van der Waals surface area contributed by atoms with E-state index >= 15 is 0 Å². The predicted molar refractivity (Wildman–Crippen MR) is 48.2 cm³/mol. The largest absolute Gasteiger partial charge is 0.300 e. The summed E-state index contributed by atoms with van der Waals surface area (Å²) in [6.07, 6.45) is 3.41. The number of rotatable bonds is 2.